The fourth-order valence-electron chi connectivity index (χ4n) is 4.14. The largest absolute Gasteiger partial charge is 0.354 e. The first-order chi connectivity index (χ1) is 18.2. The maximum atomic E-state index is 14.0. The molecule has 0 saturated carbocycles. The molecule has 0 aliphatic carbocycles. The first-order valence-corrected chi connectivity index (χ1v) is 14.4. The molecule has 1 atom stereocenters. The van der Waals surface area contributed by atoms with E-state index in [9.17, 15) is 18.0 Å². The first-order valence-electron chi connectivity index (χ1n) is 12.9. The highest BCUT2D eigenvalue weighted by atomic mass is 32.2. The van der Waals surface area contributed by atoms with E-state index < -0.39 is 28.5 Å². The van der Waals surface area contributed by atoms with Crippen molar-refractivity contribution in [3.05, 3.63) is 95.6 Å². The van der Waals surface area contributed by atoms with E-state index in [2.05, 4.69) is 5.32 Å². The molecule has 3 rings (SSSR count). The van der Waals surface area contributed by atoms with E-state index >= 15 is 0 Å². The second kappa shape index (κ2) is 13.2. The summed E-state index contributed by atoms with van der Waals surface area (Å²) in [5.41, 5.74) is 3.29. The number of nitrogens with zero attached hydrogens (tertiary/aromatic N) is 2. The van der Waals surface area contributed by atoms with Gasteiger partial charge in [0.15, 0.2) is 0 Å². The minimum absolute atomic E-state index is 0.0891. The molecule has 2 amide bonds. The van der Waals surface area contributed by atoms with Crippen LogP contribution in [-0.2, 0) is 26.2 Å². The fourth-order valence-corrected chi connectivity index (χ4v) is 5.57. The van der Waals surface area contributed by atoms with E-state index in [-0.39, 0.29) is 17.3 Å². The van der Waals surface area contributed by atoms with Crippen LogP contribution in [0.5, 0.6) is 0 Å². The predicted octanol–water partition coefficient (Wildman–Crippen LogP) is 4.83. The summed E-state index contributed by atoms with van der Waals surface area (Å²) in [6, 6.07) is 22.1. The Balaban J connectivity index is 2.02. The van der Waals surface area contributed by atoms with Crippen molar-refractivity contribution in [2.45, 2.75) is 58.0 Å². The predicted molar refractivity (Wildman–Crippen MR) is 151 cm³/mol. The molecule has 0 aromatic heterocycles. The van der Waals surface area contributed by atoms with Crippen molar-refractivity contribution < 1.29 is 18.0 Å². The Hall–Kier alpha value is -3.65. The third kappa shape index (κ3) is 7.22. The van der Waals surface area contributed by atoms with Crippen molar-refractivity contribution in [3.63, 3.8) is 0 Å². The molecule has 0 aliphatic heterocycles. The molecule has 0 bridgehead atoms. The number of sulfonamides is 1. The van der Waals surface area contributed by atoms with Crippen molar-refractivity contribution in [1.82, 2.24) is 10.2 Å². The van der Waals surface area contributed by atoms with Gasteiger partial charge in [-0.25, -0.2) is 8.42 Å². The summed E-state index contributed by atoms with van der Waals surface area (Å²) >= 11 is 0. The fraction of sp³-hybridized carbons (Fsp3) is 0.333. The van der Waals surface area contributed by atoms with Crippen LogP contribution in [0, 0.1) is 13.8 Å². The number of carbonyl (C=O) groups is 2. The van der Waals surface area contributed by atoms with Gasteiger partial charge in [-0.05, 0) is 56.5 Å². The molecule has 1 N–H and O–H groups in total. The second-order valence-corrected chi connectivity index (χ2v) is 11.2. The lowest BCUT2D eigenvalue weighted by Crippen LogP contribution is -2.52. The van der Waals surface area contributed by atoms with E-state index in [4.69, 9.17) is 0 Å². The Morgan fingerprint density at radius 1 is 0.842 bits per heavy atom. The number of amides is 2. The summed E-state index contributed by atoms with van der Waals surface area (Å²) in [5, 5.41) is 2.90. The average Bonchev–Trinajstić information content (AvgIpc) is 2.92. The van der Waals surface area contributed by atoms with Crippen molar-refractivity contribution >= 4 is 27.5 Å². The monoisotopic (exact) mass is 535 g/mol. The van der Waals surface area contributed by atoms with Crippen LogP contribution >= 0.6 is 0 Å². The smallest absolute Gasteiger partial charge is 0.264 e. The van der Waals surface area contributed by atoms with Crippen LogP contribution in [0.1, 0.15) is 43.4 Å². The molecule has 0 saturated heterocycles. The summed E-state index contributed by atoms with van der Waals surface area (Å²) < 4.78 is 28.7. The summed E-state index contributed by atoms with van der Waals surface area (Å²) in [7, 11) is -4.06. The first kappa shape index (κ1) is 28.9. The molecule has 0 aliphatic rings. The molecule has 0 unspecified atom stereocenters. The summed E-state index contributed by atoms with van der Waals surface area (Å²) in [5.74, 6) is -0.702. The Labute approximate surface area is 226 Å². The maximum Gasteiger partial charge on any atom is 0.264 e. The van der Waals surface area contributed by atoms with Gasteiger partial charge in [0, 0.05) is 13.1 Å². The summed E-state index contributed by atoms with van der Waals surface area (Å²) in [6.07, 6.45) is 1.16. The average molecular weight is 536 g/mol. The van der Waals surface area contributed by atoms with E-state index in [0.717, 1.165) is 27.4 Å². The number of benzene rings is 3. The number of aryl methyl sites for hydroxylation is 2. The minimum Gasteiger partial charge on any atom is -0.354 e. The molecule has 0 fully saturated rings. The van der Waals surface area contributed by atoms with Gasteiger partial charge in [0.25, 0.3) is 10.0 Å². The number of nitrogens with one attached hydrogen (secondary N) is 1. The van der Waals surface area contributed by atoms with Gasteiger partial charge < -0.3 is 10.2 Å². The molecule has 8 heteroatoms. The quantitative estimate of drug-likeness (QED) is 0.360. The number of hydrogen-bond donors (Lipinski definition) is 1. The topological polar surface area (TPSA) is 86.8 Å². The van der Waals surface area contributed by atoms with Gasteiger partial charge >= 0.3 is 0 Å². The van der Waals surface area contributed by atoms with Crippen LogP contribution in [0.3, 0.4) is 0 Å². The number of carbonyl (C=O) groups excluding carboxylic acids is 2. The molecule has 0 radical (unpaired) electrons. The standard InChI is InChI=1S/C30H37N3O4S/c1-5-20-31-30(35)28(6-2)32(21-25-16-12-23(3)13-17-25)29(34)22-33(26-18-14-24(4)15-19-26)38(36,37)27-10-8-7-9-11-27/h7-19,28H,5-6,20-22H2,1-4H3,(H,31,35)/t28-/m0/s1. The van der Waals surface area contributed by atoms with Crippen molar-refractivity contribution in [2.75, 3.05) is 17.4 Å². The number of anilines is 1. The second-order valence-electron chi connectivity index (χ2n) is 9.38. The lowest BCUT2D eigenvalue weighted by Gasteiger charge is -2.33. The van der Waals surface area contributed by atoms with Crippen molar-refractivity contribution in [3.8, 4) is 0 Å². The van der Waals surface area contributed by atoms with E-state index in [1.165, 1.54) is 17.0 Å². The van der Waals surface area contributed by atoms with Gasteiger partial charge in [0.05, 0.1) is 10.6 Å². The molecular formula is C30H37N3O4S. The van der Waals surface area contributed by atoms with Gasteiger partial charge in [-0.1, -0.05) is 79.6 Å². The normalized spacial score (nSPS) is 12.0. The molecule has 0 spiro atoms. The van der Waals surface area contributed by atoms with Crippen LogP contribution in [0.2, 0.25) is 0 Å². The van der Waals surface area contributed by atoms with Crippen molar-refractivity contribution in [2.24, 2.45) is 0 Å². The van der Waals surface area contributed by atoms with Crippen molar-refractivity contribution in [1.29, 1.82) is 0 Å². The molecule has 0 heterocycles. The van der Waals surface area contributed by atoms with E-state index in [1.807, 2.05) is 64.1 Å². The maximum absolute atomic E-state index is 14.0. The molecule has 3 aromatic carbocycles. The van der Waals surface area contributed by atoms with Crippen LogP contribution in [0.25, 0.3) is 0 Å². The Morgan fingerprint density at radius 2 is 1.42 bits per heavy atom. The molecule has 202 valence electrons. The molecular weight excluding hydrogens is 498 g/mol. The van der Waals surface area contributed by atoms with E-state index in [1.54, 1.807) is 30.3 Å². The van der Waals surface area contributed by atoms with Crippen LogP contribution in [0.4, 0.5) is 5.69 Å². The Morgan fingerprint density at radius 3 is 1.97 bits per heavy atom. The lowest BCUT2D eigenvalue weighted by molar-refractivity contribution is -0.140. The Bertz CT molecular complexity index is 1310. The Kier molecular flexibility index (Phi) is 10.1. The molecule has 38 heavy (non-hydrogen) atoms. The lowest BCUT2D eigenvalue weighted by atomic mass is 10.1. The molecule has 7 nitrogen and oxygen atoms in total. The summed E-state index contributed by atoms with van der Waals surface area (Å²) in [6.45, 7) is 7.95. The van der Waals surface area contributed by atoms with Gasteiger partial charge in [0.2, 0.25) is 11.8 Å². The SMILES string of the molecule is CCCNC(=O)[C@H](CC)N(Cc1ccc(C)cc1)C(=O)CN(c1ccc(C)cc1)S(=O)(=O)c1ccccc1. The third-order valence-electron chi connectivity index (χ3n) is 6.34. The zero-order valence-corrected chi connectivity index (χ0v) is 23.4. The van der Waals surface area contributed by atoms with Gasteiger partial charge in [0.1, 0.15) is 12.6 Å². The van der Waals surface area contributed by atoms with E-state index in [0.29, 0.717) is 18.7 Å². The van der Waals surface area contributed by atoms with Gasteiger partial charge in [-0.15, -0.1) is 0 Å². The van der Waals surface area contributed by atoms with Gasteiger partial charge in [-0.3, -0.25) is 13.9 Å². The number of hydrogen-bond acceptors (Lipinski definition) is 4. The van der Waals surface area contributed by atoms with Gasteiger partial charge in [-0.2, -0.15) is 0 Å². The number of rotatable bonds is 12. The minimum atomic E-state index is -4.06. The zero-order valence-electron chi connectivity index (χ0n) is 22.6. The van der Waals surface area contributed by atoms with Crippen LogP contribution in [0.15, 0.2) is 83.8 Å². The molecule has 3 aromatic rings. The van der Waals surface area contributed by atoms with Crippen LogP contribution < -0.4 is 9.62 Å². The highest BCUT2D eigenvalue weighted by Gasteiger charge is 2.33. The third-order valence-corrected chi connectivity index (χ3v) is 8.13. The highest BCUT2D eigenvalue weighted by Crippen LogP contribution is 2.25. The zero-order chi connectivity index (χ0) is 27.7. The highest BCUT2D eigenvalue weighted by molar-refractivity contribution is 7.92. The summed E-state index contributed by atoms with van der Waals surface area (Å²) in [4.78, 5) is 28.6. The van der Waals surface area contributed by atoms with Crippen LogP contribution in [-0.4, -0.2) is 44.3 Å².